The summed E-state index contributed by atoms with van der Waals surface area (Å²) in [6.45, 7) is 1.18. The van der Waals surface area contributed by atoms with Gasteiger partial charge in [0.2, 0.25) is 5.43 Å². The van der Waals surface area contributed by atoms with Crippen LogP contribution in [0, 0.1) is 0 Å². The van der Waals surface area contributed by atoms with E-state index in [1.54, 1.807) is 12.1 Å². The minimum absolute atomic E-state index is 0.0356. The molecular weight excluding hydrogens is 466 g/mol. The molecule has 2 heterocycles. The van der Waals surface area contributed by atoms with E-state index in [1.165, 1.54) is 12.3 Å². The van der Waals surface area contributed by atoms with Gasteiger partial charge in [0, 0.05) is 41.3 Å². The molecule has 0 aliphatic heterocycles. The fraction of sp³-hybridized carbons (Fsp3) is 0.125. The van der Waals surface area contributed by atoms with E-state index >= 15 is 0 Å². The molecule has 156 valence electrons. The minimum Gasteiger partial charge on any atom is -0.342 e. The van der Waals surface area contributed by atoms with Gasteiger partial charge in [-0.2, -0.15) is 8.78 Å². The number of benzene rings is 2. The van der Waals surface area contributed by atoms with Crippen molar-refractivity contribution in [2.45, 2.75) is 19.4 Å². The lowest BCUT2D eigenvalue weighted by molar-refractivity contribution is 0.0127. The molecule has 0 spiro atoms. The number of hydrogen-bond donors (Lipinski definition) is 0. The van der Waals surface area contributed by atoms with E-state index in [0.29, 0.717) is 17.4 Å². The number of nitrogens with zero attached hydrogens (tertiary/aromatic N) is 2. The van der Waals surface area contributed by atoms with Gasteiger partial charge in [-0.1, -0.05) is 40.2 Å². The molecule has 2 aromatic carbocycles. The predicted octanol–water partition coefficient (Wildman–Crippen LogP) is 5.55. The second-order valence-corrected chi connectivity index (χ2v) is 8.21. The van der Waals surface area contributed by atoms with Crippen LogP contribution in [0.2, 0.25) is 0 Å². The maximum absolute atomic E-state index is 13.4. The zero-order valence-corrected chi connectivity index (χ0v) is 18.1. The highest BCUT2D eigenvalue weighted by Gasteiger charge is 2.26. The molecule has 0 N–H and O–H groups in total. The molecule has 0 saturated heterocycles. The van der Waals surface area contributed by atoms with Crippen LogP contribution in [0.25, 0.3) is 10.9 Å². The molecule has 0 radical (unpaired) electrons. The zero-order chi connectivity index (χ0) is 22.2. The van der Waals surface area contributed by atoms with Crippen molar-refractivity contribution in [2.24, 2.45) is 0 Å². The van der Waals surface area contributed by atoms with Gasteiger partial charge in [0.25, 0.3) is 5.92 Å². The monoisotopic (exact) mass is 482 g/mol. The number of pyridine rings is 2. The van der Waals surface area contributed by atoms with E-state index in [0.717, 1.165) is 29.2 Å². The van der Waals surface area contributed by atoms with Gasteiger partial charge in [0.15, 0.2) is 5.78 Å². The van der Waals surface area contributed by atoms with E-state index in [4.69, 9.17) is 0 Å². The largest absolute Gasteiger partial charge is 0.342 e. The van der Waals surface area contributed by atoms with Gasteiger partial charge in [-0.15, -0.1) is 0 Å². The Kier molecular flexibility index (Phi) is 5.54. The Labute approximate surface area is 185 Å². The Hall–Kier alpha value is -3.19. The number of carbonyl (C=O) groups is 1. The van der Waals surface area contributed by atoms with Crippen LogP contribution in [0.1, 0.15) is 34.1 Å². The van der Waals surface area contributed by atoms with Gasteiger partial charge < -0.3 is 4.57 Å². The lowest BCUT2D eigenvalue weighted by atomic mass is 10.0. The first-order valence-corrected chi connectivity index (χ1v) is 10.3. The smallest absolute Gasteiger partial charge is 0.286 e. The highest BCUT2D eigenvalue weighted by Crippen LogP contribution is 2.25. The van der Waals surface area contributed by atoms with Crippen LogP contribution in [0.4, 0.5) is 8.78 Å². The van der Waals surface area contributed by atoms with Crippen molar-refractivity contribution in [1.29, 1.82) is 0 Å². The lowest BCUT2D eigenvalue weighted by Crippen LogP contribution is -2.20. The van der Waals surface area contributed by atoms with Crippen molar-refractivity contribution in [1.82, 2.24) is 9.55 Å². The maximum atomic E-state index is 13.4. The summed E-state index contributed by atoms with van der Waals surface area (Å²) in [4.78, 5) is 29.8. The summed E-state index contributed by atoms with van der Waals surface area (Å²) in [5.41, 5.74) is 0.882. The highest BCUT2D eigenvalue weighted by molar-refractivity contribution is 9.10. The van der Waals surface area contributed by atoms with Gasteiger partial charge in [-0.25, -0.2) is 0 Å². The summed E-state index contributed by atoms with van der Waals surface area (Å²) in [7, 11) is 0. The second kappa shape index (κ2) is 8.15. The molecule has 0 atom stereocenters. The molecule has 4 aromatic rings. The number of carbonyl (C=O) groups excluding carboxylic acids is 1. The summed E-state index contributed by atoms with van der Waals surface area (Å²) in [5, 5.41) is 0.410. The predicted molar refractivity (Wildman–Crippen MR) is 119 cm³/mol. The summed E-state index contributed by atoms with van der Waals surface area (Å²) in [5.74, 6) is -3.67. The van der Waals surface area contributed by atoms with E-state index in [-0.39, 0.29) is 11.1 Å². The number of rotatable bonds is 5. The molecule has 0 bridgehead atoms. The third kappa shape index (κ3) is 4.32. The van der Waals surface area contributed by atoms with Crippen LogP contribution in [0.15, 0.2) is 82.3 Å². The average molecular weight is 483 g/mol. The molecule has 0 unspecified atom stereocenters. The molecule has 0 fully saturated rings. The number of alkyl halides is 2. The fourth-order valence-electron chi connectivity index (χ4n) is 3.41. The number of para-hydroxylation sites is 1. The number of hydrogen-bond acceptors (Lipinski definition) is 3. The summed E-state index contributed by atoms with van der Waals surface area (Å²) < 4.78 is 29.6. The quantitative estimate of drug-likeness (QED) is 0.350. The third-order valence-electron chi connectivity index (χ3n) is 4.95. The Morgan fingerprint density at radius 2 is 1.87 bits per heavy atom. The molecule has 0 aliphatic rings. The normalized spacial score (nSPS) is 11.6. The summed E-state index contributed by atoms with van der Waals surface area (Å²) >= 11 is 3.45. The molecule has 0 aliphatic carbocycles. The van der Waals surface area contributed by atoms with Crippen molar-refractivity contribution in [3.63, 3.8) is 0 Å². The molecule has 7 heteroatoms. The van der Waals surface area contributed by atoms with Gasteiger partial charge in [-0.3, -0.25) is 14.6 Å². The Bertz CT molecular complexity index is 1340. The highest BCUT2D eigenvalue weighted by atomic mass is 79.9. The van der Waals surface area contributed by atoms with Gasteiger partial charge in [0.1, 0.15) is 5.69 Å². The van der Waals surface area contributed by atoms with Crippen LogP contribution in [0.3, 0.4) is 0 Å². The Balaban J connectivity index is 1.81. The van der Waals surface area contributed by atoms with E-state index in [2.05, 4.69) is 20.9 Å². The van der Waals surface area contributed by atoms with E-state index in [1.807, 2.05) is 41.0 Å². The number of halogens is 3. The van der Waals surface area contributed by atoms with Crippen molar-refractivity contribution in [3.05, 3.63) is 110 Å². The fourth-order valence-corrected chi connectivity index (χ4v) is 3.86. The van der Waals surface area contributed by atoms with Crippen LogP contribution >= 0.6 is 15.9 Å². The molecule has 0 amide bonds. The summed E-state index contributed by atoms with van der Waals surface area (Å²) in [6, 6.07) is 17.2. The zero-order valence-electron chi connectivity index (χ0n) is 16.5. The van der Waals surface area contributed by atoms with Crippen molar-refractivity contribution in [2.75, 3.05) is 0 Å². The Morgan fingerprint density at radius 3 is 2.55 bits per heavy atom. The van der Waals surface area contributed by atoms with Crippen molar-refractivity contribution >= 4 is 32.6 Å². The van der Waals surface area contributed by atoms with Gasteiger partial charge >= 0.3 is 0 Å². The molecule has 2 aromatic heterocycles. The average Bonchev–Trinajstić information content (AvgIpc) is 2.75. The Morgan fingerprint density at radius 1 is 1.10 bits per heavy atom. The van der Waals surface area contributed by atoms with Gasteiger partial charge in [0.05, 0.1) is 11.1 Å². The molecule has 4 rings (SSSR count). The molecule has 31 heavy (non-hydrogen) atoms. The number of ketones is 1. The van der Waals surface area contributed by atoms with Crippen LogP contribution in [-0.2, 0) is 12.5 Å². The van der Waals surface area contributed by atoms with Gasteiger partial charge in [-0.05, 0) is 42.0 Å². The minimum atomic E-state index is -3.11. The van der Waals surface area contributed by atoms with Crippen LogP contribution in [-0.4, -0.2) is 15.3 Å². The standard InChI is InChI=1S/C24H17BrF2N2O2/c1-24(26,27)21-10-9-16(12-28-21)22(30)19-14-29(13-15-5-4-6-17(25)11-15)20-8-3-2-7-18(20)23(19)31/h2-12,14H,13H2,1H3. The molecule has 0 saturated carbocycles. The van der Waals surface area contributed by atoms with Crippen LogP contribution in [0.5, 0.6) is 0 Å². The maximum Gasteiger partial charge on any atom is 0.286 e. The first-order valence-electron chi connectivity index (χ1n) is 9.50. The lowest BCUT2D eigenvalue weighted by Gasteiger charge is -2.14. The van der Waals surface area contributed by atoms with Crippen molar-refractivity contribution in [3.8, 4) is 0 Å². The number of fused-ring (bicyclic) bond motifs is 1. The topological polar surface area (TPSA) is 52.0 Å². The molecular formula is C24H17BrF2N2O2. The molecule has 4 nitrogen and oxygen atoms in total. The van der Waals surface area contributed by atoms with Crippen molar-refractivity contribution < 1.29 is 13.6 Å². The van der Waals surface area contributed by atoms with E-state index < -0.39 is 22.8 Å². The second-order valence-electron chi connectivity index (χ2n) is 7.30. The summed E-state index contributed by atoms with van der Waals surface area (Å²) in [6.07, 6.45) is 2.61. The first-order chi connectivity index (χ1) is 14.7. The first kappa shape index (κ1) is 21.1. The third-order valence-corrected chi connectivity index (χ3v) is 5.44. The SMILES string of the molecule is CC(F)(F)c1ccc(C(=O)c2cn(Cc3cccc(Br)c3)c3ccccc3c2=O)cn1. The van der Waals surface area contributed by atoms with E-state index in [9.17, 15) is 18.4 Å². The van der Waals surface area contributed by atoms with Crippen LogP contribution < -0.4 is 5.43 Å². The number of aromatic nitrogens is 2.